The summed E-state index contributed by atoms with van der Waals surface area (Å²) in [5, 5.41) is 3.35. The Morgan fingerprint density at radius 3 is 2.95 bits per heavy atom. The first-order valence-electron chi connectivity index (χ1n) is 7.18. The zero-order chi connectivity index (χ0) is 13.2. The standard InChI is InChI=1S/C14H22N4S/c1-3-15-13-8-11(10-4-5-10)16-14(17-13)12-9-19-7-6-18(12)2/h8,10,12H,3-7,9H2,1-2H3,(H,15,16,17). The highest BCUT2D eigenvalue weighted by Gasteiger charge is 2.29. The number of nitrogens with zero attached hydrogens (tertiary/aromatic N) is 3. The van der Waals surface area contributed by atoms with Gasteiger partial charge >= 0.3 is 0 Å². The molecule has 19 heavy (non-hydrogen) atoms. The Hall–Kier alpha value is -0.810. The number of hydrogen-bond donors (Lipinski definition) is 1. The molecule has 5 heteroatoms. The first-order valence-corrected chi connectivity index (χ1v) is 8.34. The van der Waals surface area contributed by atoms with Gasteiger partial charge in [0, 0.05) is 42.3 Å². The van der Waals surface area contributed by atoms with Crippen molar-refractivity contribution in [1.82, 2.24) is 14.9 Å². The van der Waals surface area contributed by atoms with E-state index >= 15 is 0 Å². The molecule has 0 spiro atoms. The minimum Gasteiger partial charge on any atom is -0.370 e. The van der Waals surface area contributed by atoms with E-state index in [0.717, 1.165) is 30.5 Å². The predicted molar refractivity (Wildman–Crippen MR) is 80.9 cm³/mol. The molecule has 2 aliphatic rings. The molecule has 0 aromatic carbocycles. The third-order valence-corrected chi connectivity index (χ3v) is 4.83. The fourth-order valence-electron chi connectivity index (χ4n) is 2.45. The minimum absolute atomic E-state index is 0.370. The lowest BCUT2D eigenvalue weighted by Crippen LogP contribution is -2.34. The van der Waals surface area contributed by atoms with Gasteiger partial charge in [0.1, 0.15) is 11.6 Å². The molecule has 1 saturated heterocycles. The van der Waals surface area contributed by atoms with Crippen molar-refractivity contribution in [3.05, 3.63) is 17.6 Å². The molecule has 0 amide bonds. The molecule has 4 nitrogen and oxygen atoms in total. The van der Waals surface area contributed by atoms with E-state index in [-0.39, 0.29) is 0 Å². The quantitative estimate of drug-likeness (QED) is 0.916. The lowest BCUT2D eigenvalue weighted by atomic mass is 10.2. The van der Waals surface area contributed by atoms with E-state index in [9.17, 15) is 0 Å². The summed E-state index contributed by atoms with van der Waals surface area (Å²) in [5.41, 5.74) is 1.24. The van der Waals surface area contributed by atoms with Gasteiger partial charge < -0.3 is 5.32 Å². The molecule has 0 bridgehead atoms. The summed E-state index contributed by atoms with van der Waals surface area (Å²) in [7, 11) is 2.18. The summed E-state index contributed by atoms with van der Waals surface area (Å²) in [5.74, 6) is 5.01. The molecule has 1 aromatic rings. The Morgan fingerprint density at radius 2 is 2.26 bits per heavy atom. The van der Waals surface area contributed by atoms with Crippen molar-refractivity contribution >= 4 is 17.6 Å². The van der Waals surface area contributed by atoms with Crippen LogP contribution in [0.15, 0.2) is 6.07 Å². The summed E-state index contributed by atoms with van der Waals surface area (Å²) in [6.45, 7) is 4.15. The number of nitrogens with one attached hydrogen (secondary N) is 1. The smallest absolute Gasteiger partial charge is 0.148 e. The van der Waals surface area contributed by atoms with Crippen LogP contribution in [0.5, 0.6) is 0 Å². The maximum atomic E-state index is 4.85. The molecule has 3 rings (SSSR count). The fraction of sp³-hybridized carbons (Fsp3) is 0.714. The molecule has 1 aliphatic carbocycles. The van der Waals surface area contributed by atoms with Crippen molar-refractivity contribution in [3.63, 3.8) is 0 Å². The Labute approximate surface area is 119 Å². The van der Waals surface area contributed by atoms with Gasteiger partial charge in [-0.15, -0.1) is 0 Å². The number of aromatic nitrogens is 2. The molecule has 2 heterocycles. The van der Waals surface area contributed by atoms with Crippen molar-refractivity contribution in [2.24, 2.45) is 0 Å². The topological polar surface area (TPSA) is 41.1 Å². The molecule has 1 aliphatic heterocycles. The van der Waals surface area contributed by atoms with Crippen LogP contribution in [0.2, 0.25) is 0 Å². The maximum Gasteiger partial charge on any atom is 0.148 e. The molecule has 1 aromatic heterocycles. The van der Waals surface area contributed by atoms with Gasteiger partial charge in [0.2, 0.25) is 0 Å². The van der Waals surface area contributed by atoms with Crippen molar-refractivity contribution in [2.75, 3.05) is 37.0 Å². The molecular weight excluding hydrogens is 256 g/mol. The van der Waals surface area contributed by atoms with E-state index in [1.807, 2.05) is 11.8 Å². The van der Waals surface area contributed by atoms with Crippen LogP contribution in [0, 0.1) is 0 Å². The van der Waals surface area contributed by atoms with Crippen molar-refractivity contribution in [2.45, 2.75) is 31.7 Å². The summed E-state index contributed by atoms with van der Waals surface area (Å²) in [4.78, 5) is 12.0. The minimum atomic E-state index is 0.370. The summed E-state index contributed by atoms with van der Waals surface area (Å²) in [6.07, 6.45) is 2.58. The van der Waals surface area contributed by atoms with Crippen LogP contribution in [0.4, 0.5) is 5.82 Å². The van der Waals surface area contributed by atoms with E-state index in [0.29, 0.717) is 12.0 Å². The molecule has 0 radical (unpaired) electrons. The summed E-state index contributed by atoms with van der Waals surface area (Å²) < 4.78 is 0. The lowest BCUT2D eigenvalue weighted by molar-refractivity contribution is 0.264. The first-order chi connectivity index (χ1) is 9.28. The highest BCUT2D eigenvalue weighted by molar-refractivity contribution is 7.99. The second kappa shape index (κ2) is 5.67. The van der Waals surface area contributed by atoms with Crippen LogP contribution in [-0.4, -0.2) is 46.5 Å². The molecular formula is C14H22N4S. The largest absolute Gasteiger partial charge is 0.370 e. The zero-order valence-electron chi connectivity index (χ0n) is 11.7. The first kappa shape index (κ1) is 13.2. The van der Waals surface area contributed by atoms with E-state index in [1.54, 1.807) is 0 Å². The van der Waals surface area contributed by atoms with Crippen LogP contribution >= 0.6 is 11.8 Å². The molecule has 1 unspecified atom stereocenters. The van der Waals surface area contributed by atoms with E-state index in [1.165, 1.54) is 24.3 Å². The second-order valence-corrected chi connectivity index (χ2v) is 6.56. The number of thioether (sulfide) groups is 1. The van der Waals surface area contributed by atoms with Crippen LogP contribution in [-0.2, 0) is 0 Å². The van der Waals surface area contributed by atoms with E-state index in [2.05, 4.69) is 30.3 Å². The SMILES string of the molecule is CCNc1cc(C2CC2)nc(C2CSCCN2C)n1. The molecule has 1 N–H and O–H groups in total. The average Bonchev–Trinajstić information content (AvgIpc) is 3.23. The number of rotatable bonds is 4. The Bertz CT molecular complexity index is 447. The normalized spacial score (nSPS) is 24.4. The Morgan fingerprint density at radius 1 is 1.42 bits per heavy atom. The van der Waals surface area contributed by atoms with Crippen molar-refractivity contribution in [3.8, 4) is 0 Å². The van der Waals surface area contributed by atoms with Gasteiger partial charge in [-0.05, 0) is 26.8 Å². The Kier molecular flexibility index (Phi) is 3.93. The van der Waals surface area contributed by atoms with Crippen molar-refractivity contribution < 1.29 is 0 Å². The summed E-state index contributed by atoms with van der Waals surface area (Å²) in [6, 6.07) is 2.51. The van der Waals surface area contributed by atoms with E-state index in [4.69, 9.17) is 9.97 Å². The zero-order valence-corrected chi connectivity index (χ0v) is 12.5. The van der Waals surface area contributed by atoms with Gasteiger partial charge in [0.25, 0.3) is 0 Å². The highest BCUT2D eigenvalue weighted by Crippen LogP contribution is 2.40. The van der Waals surface area contributed by atoms with Gasteiger partial charge in [-0.1, -0.05) is 0 Å². The maximum absolute atomic E-state index is 4.85. The molecule has 1 atom stereocenters. The van der Waals surface area contributed by atoms with Crippen LogP contribution in [0.25, 0.3) is 0 Å². The molecule has 1 saturated carbocycles. The summed E-state index contributed by atoms with van der Waals surface area (Å²) >= 11 is 2.01. The lowest BCUT2D eigenvalue weighted by Gasteiger charge is -2.31. The van der Waals surface area contributed by atoms with Gasteiger partial charge in [-0.3, -0.25) is 4.90 Å². The van der Waals surface area contributed by atoms with Gasteiger partial charge in [-0.2, -0.15) is 11.8 Å². The van der Waals surface area contributed by atoms with Gasteiger partial charge in [-0.25, -0.2) is 9.97 Å². The molecule has 104 valence electrons. The second-order valence-electron chi connectivity index (χ2n) is 5.41. The third-order valence-electron chi connectivity index (χ3n) is 3.81. The van der Waals surface area contributed by atoms with E-state index < -0.39 is 0 Å². The van der Waals surface area contributed by atoms with Crippen LogP contribution < -0.4 is 5.32 Å². The Balaban J connectivity index is 1.89. The monoisotopic (exact) mass is 278 g/mol. The van der Waals surface area contributed by atoms with Crippen molar-refractivity contribution in [1.29, 1.82) is 0 Å². The number of anilines is 1. The highest BCUT2D eigenvalue weighted by atomic mass is 32.2. The third kappa shape index (κ3) is 3.03. The molecule has 2 fully saturated rings. The predicted octanol–water partition coefficient (Wildman–Crippen LogP) is 2.51. The number of hydrogen-bond acceptors (Lipinski definition) is 5. The van der Waals surface area contributed by atoms with Crippen LogP contribution in [0.1, 0.15) is 43.2 Å². The van der Waals surface area contributed by atoms with Gasteiger partial charge in [0.05, 0.1) is 6.04 Å². The fourth-order valence-corrected chi connectivity index (χ4v) is 3.66. The van der Waals surface area contributed by atoms with Crippen LogP contribution in [0.3, 0.4) is 0 Å². The van der Waals surface area contributed by atoms with Gasteiger partial charge in [0.15, 0.2) is 0 Å². The average molecular weight is 278 g/mol.